The van der Waals surface area contributed by atoms with Gasteiger partial charge in [0.1, 0.15) is 0 Å². The van der Waals surface area contributed by atoms with Crippen molar-refractivity contribution in [2.24, 2.45) is 0 Å². The number of hydrogen-bond acceptors (Lipinski definition) is 3. The average molecular weight is 246 g/mol. The number of carbonyl (C=O) groups is 1. The third-order valence-electron chi connectivity index (χ3n) is 2.71. The van der Waals surface area contributed by atoms with E-state index in [-0.39, 0.29) is 11.3 Å². The largest absolute Gasteiger partial charge is 0.478 e. The predicted octanol–water partition coefficient (Wildman–Crippen LogP) is 2.39. The summed E-state index contributed by atoms with van der Waals surface area (Å²) >= 11 is 0. The number of carboxylic acids is 1. The molecule has 18 heavy (non-hydrogen) atoms. The zero-order valence-electron chi connectivity index (χ0n) is 9.53. The number of benzene rings is 1. The number of nitro groups is 1. The lowest BCUT2D eigenvalue weighted by Gasteiger charge is -2.06. The quantitative estimate of drug-likeness (QED) is 0.665. The number of hydrogen-bond donors (Lipinski definition) is 1. The Hall–Kier alpha value is -2.63. The van der Waals surface area contributed by atoms with Crippen LogP contribution in [0.5, 0.6) is 0 Å². The molecule has 2 aromatic rings. The Morgan fingerprint density at radius 3 is 2.33 bits per heavy atom. The van der Waals surface area contributed by atoms with Gasteiger partial charge in [-0.1, -0.05) is 0 Å². The van der Waals surface area contributed by atoms with Gasteiger partial charge in [-0.25, -0.2) is 4.79 Å². The van der Waals surface area contributed by atoms with Crippen molar-refractivity contribution < 1.29 is 14.8 Å². The highest BCUT2D eigenvalue weighted by atomic mass is 16.6. The van der Waals surface area contributed by atoms with Crippen LogP contribution in [0.2, 0.25) is 0 Å². The van der Waals surface area contributed by atoms with E-state index in [1.54, 1.807) is 29.8 Å². The van der Waals surface area contributed by atoms with Crippen LogP contribution in [-0.4, -0.2) is 20.6 Å². The highest BCUT2D eigenvalue weighted by molar-refractivity contribution is 5.89. The van der Waals surface area contributed by atoms with Gasteiger partial charge in [0.15, 0.2) is 0 Å². The fourth-order valence-electron chi connectivity index (χ4n) is 1.75. The Balaban J connectivity index is 2.43. The minimum atomic E-state index is -0.992. The summed E-state index contributed by atoms with van der Waals surface area (Å²) in [7, 11) is 0. The first-order valence-corrected chi connectivity index (χ1v) is 5.17. The van der Waals surface area contributed by atoms with Gasteiger partial charge in [0.25, 0.3) is 5.69 Å². The first-order valence-electron chi connectivity index (χ1n) is 5.17. The molecule has 0 unspecified atom stereocenters. The number of non-ortho nitro benzene ring substituents is 1. The van der Waals surface area contributed by atoms with E-state index in [9.17, 15) is 14.9 Å². The zero-order chi connectivity index (χ0) is 13.3. The molecule has 0 spiro atoms. The minimum Gasteiger partial charge on any atom is -0.478 e. The number of nitrogens with zero attached hydrogens (tertiary/aromatic N) is 2. The molecule has 0 aliphatic rings. The fraction of sp³-hybridized carbons (Fsp3) is 0.0833. The lowest BCUT2D eigenvalue weighted by molar-refractivity contribution is -0.384. The summed E-state index contributed by atoms with van der Waals surface area (Å²) in [5.41, 5.74) is 1.48. The maximum absolute atomic E-state index is 10.9. The van der Waals surface area contributed by atoms with E-state index in [1.165, 1.54) is 18.2 Å². The van der Waals surface area contributed by atoms with E-state index in [0.29, 0.717) is 11.4 Å². The second-order valence-corrected chi connectivity index (χ2v) is 3.76. The second-order valence-electron chi connectivity index (χ2n) is 3.76. The Labute approximate surface area is 102 Å². The van der Waals surface area contributed by atoms with E-state index in [4.69, 9.17) is 5.11 Å². The van der Waals surface area contributed by atoms with Crippen molar-refractivity contribution in [2.75, 3.05) is 0 Å². The standard InChI is InChI=1S/C12H10N2O4/c1-8-11(12(15)16)6-7-13(8)9-2-4-10(5-3-9)14(17)18/h2-7H,1H3,(H,15,16). The van der Waals surface area contributed by atoms with Crippen LogP contribution in [0, 0.1) is 17.0 Å². The molecule has 92 valence electrons. The predicted molar refractivity (Wildman–Crippen MR) is 64.1 cm³/mol. The molecule has 1 aromatic carbocycles. The van der Waals surface area contributed by atoms with Crippen LogP contribution in [-0.2, 0) is 0 Å². The number of carboxylic acid groups (broad SMARTS) is 1. The monoisotopic (exact) mass is 246 g/mol. The third-order valence-corrected chi connectivity index (χ3v) is 2.71. The van der Waals surface area contributed by atoms with Crippen molar-refractivity contribution in [2.45, 2.75) is 6.92 Å². The van der Waals surface area contributed by atoms with Crippen LogP contribution in [0.4, 0.5) is 5.69 Å². The topological polar surface area (TPSA) is 85.4 Å². The lowest BCUT2D eigenvalue weighted by Crippen LogP contribution is -2.01. The Morgan fingerprint density at radius 1 is 1.28 bits per heavy atom. The Kier molecular flexibility index (Phi) is 2.85. The van der Waals surface area contributed by atoms with Crippen LogP contribution >= 0.6 is 0 Å². The van der Waals surface area contributed by atoms with Gasteiger partial charge in [0, 0.05) is 29.7 Å². The average Bonchev–Trinajstić information content (AvgIpc) is 2.71. The van der Waals surface area contributed by atoms with Crippen molar-refractivity contribution in [1.29, 1.82) is 0 Å². The van der Waals surface area contributed by atoms with E-state index < -0.39 is 10.9 Å². The molecule has 0 saturated heterocycles. The molecule has 0 fully saturated rings. The maximum atomic E-state index is 10.9. The fourth-order valence-corrected chi connectivity index (χ4v) is 1.75. The molecule has 0 aliphatic carbocycles. The van der Waals surface area contributed by atoms with Crippen molar-refractivity contribution in [1.82, 2.24) is 4.57 Å². The molecule has 6 nitrogen and oxygen atoms in total. The molecule has 1 aromatic heterocycles. The third kappa shape index (κ3) is 1.95. The molecule has 1 N–H and O–H groups in total. The van der Waals surface area contributed by atoms with Gasteiger partial charge in [0.05, 0.1) is 10.5 Å². The molecule has 0 atom stereocenters. The number of aromatic nitrogens is 1. The van der Waals surface area contributed by atoms with Crippen LogP contribution < -0.4 is 0 Å². The van der Waals surface area contributed by atoms with E-state index in [2.05, 4.69) is 0 Å². The molecular weight excluding hydrogens is 236 g/mol. The summed E-state index contributed by atoms with van der Waals surface area (Å²) in [6.45, 7) is 1.69. The van der Waals surface area contributed by atoms with Crippen molar-refractivity contribution in [3.8, 4) is 5.69 Å². The van der Waals surface area contributed by atoms with Gasteiger partial charge in [-0.3, -0.25) is 10.1 Å². The molecule has 0 bridgehead atoms. The first-order chi connectivity index (χ1) is 8.50. The molecule has 2 rings (SSSR count). The summed E-state index contributed by atoms with van der Waals surface area (Å²) in [6, 6.07) is 7.43. The second kappa shape index (κ2) is 4.33. The van der Waals surface area contributed by atoms with Crippen LogP contribution in [0.25, 0.3) is 5.69 Å². The van der Waals surface area contributed by atoms with Crippen molar-refractivity contribution in [3.63, 3.8) is 0 Å². The summed E-state index contributed by atoms with van der Waals surface area (Å²) < 4.78 is 1.67. The van der Waals surface area contributed by atoms with Gasteiger partial charge in [0.2, 0.25) is 0 Å². The summed E-state index contributed by atoms with van der Waals surface area (Å²) in [4.78, 5) is 21.0. The number of rotatable bonds is 3. The molecule has 6 heteroatoms. The van der Waals surface area contributed by atoms with Gasteiger partial charge in [-0.2, -0.15) is 0 Å². The zero-order valence-corrected chi connectivity index (χ0v) is 9.53. The Morgan fingerprint density at radius 2 is 1.89 bits per heavy atom. The van der Waals surface area contributed by atoms with Gasteiger partial charge < -0.3 is 9.67 Å². The van der Waals surface area contributed by atoms with E-state index in [0.717, 1.165) is 0 Å². The summed E-state index contributed by atoms with van der Waals surface area (Å²) in [5, 5.41) is 19.5. The molecule has 0 aliphatic heterocycles. The maximum Gasteiger partial charge on any atom is 0.337 e. The Bertz CT molecular complexity index is 614. The number of nitro benzene ring substituents is 1. The van der Waals surface area contributed by atoms with Crippen LogP contribution in [0.1, 0.15) is 16.1 Å². The first kappa shape index (κ1) is 11.8. The molecular formula is C12H10N2O4. The molecule has 0 radical (unpaired) electrons. The van der Waals surface area contributed by atoms with E-state index >= 15 is 0 Å². The smallest absolute Gasteiger partial charge is 0.337 e. The van der Waals surface area contributed by atoms with Gasteiger partial charge in [-0.15, -0.1) is 0 Å². The van der Waals surface area contributed by atoms with E-state index in [1.807, 2.05) is 0 Å². The molecule has 1 heterocycles. The lowest BCUT2D eigenvalue weighted by atomic mass is 10.2. The normalized spacial score (nSPS) is 10.3. The summed E-state index contributed by atoms with van der Waals surface area (Å²) in [6.07, 6.45) is 1.62. The number of aromatic carboxylic acids is 1. The SMILES string of the molecule is Cc1c(C(=O)O)ccn1-c1ccc([N+](=O)[O-])cc1. The highest BCUT2D eigenvalue weighted by Gasteiger charge is 2.12. The van der Waals surface area contributed by atoms with Crippen molar-refractivity contribution in [3.05, 3.63) is 57.9 Å². The van der Waals surface area contributed by atoms with Gasteiger partial charge >= 0.3 is 5.97 Å². The minimum absolute atomic E-state index is 0.00187. The van der Waals surface area contributed by atoms with Crippen LogP contribution in [0.3, 0.4) is 0 Å². The van der Waals surface area contributed by atoms with Crippen molar-refractivity contribution >= 4 is 11.7 Å². The van der Waals surface area contributed by atoms with Crippen LogP contribution in [0.15, 0.2) is 36.5 Å². The molecule has 0 saturated carbocycles. The summed E-state index contributed by atoms with van der Waals surface area (Å²) in [5.74, 6) is -0.992. The van der Waals surface area contributed by atoms with Gasteiger partial charge in [-0.05, 0) is 25.1 Å². The highest BCUT2D eigenvalue weighted by Crippen LogP contribution is 2.19. The molecule has 0 amide bonds.